The summed E-state index contributed by atoms with van der Waals surface area (Å²) < 4.78 is 0. The van der Waals surface area contributed by atoms with Crippen molar-refractivity contribution in [3.63, 3.8) is 0 Å². The van der Waals surface area contributed by atoms with Crippen molar-refractivity contribution in [2.45, 2.75) is 32.7 Å². The van der Waals surface area contributed by atoms with E-state index in [4.69, 9.17) is 5.73 Å². The number of amides is 3. The van der Waals surface area contributed by atoms with Crippen LogP contribution in [0.2, 0.25) is 0 Å². The molecule has 1 aromatic heterocycles. The van der Waals surface area contributed by atoms with E-state index in [-0.39, 0.29) is 17.9 Å². The highest BCUT2D eigenvalue weighted by Gasteiger charge is 2.34. The van der Waals surface area contributed by atoms with Gasteiger partial charge >= 0.3 is 6.03 Å². The van der Waals surface area contributed by atoms with E-state index >= 15 is 0 Å². The summed E-state index contributed by atoms with van der Waals surface area (Å²) in [7, 11) is 0. The molecule has 1 unspecified atom stereocenters. The van der Waals surface area contributed by atoms with Gasteiger partial charge in [-0.2, -0.15) is 0 Å². The Labute approximate surface area is 128 Å². The lowest BCUT2D eigenvalue weighted by molar-refractivity contribution is -0.142. The summed E-state index contributed by atoms with van der Waals surface area (Å²) in [4.78, 5) is 28.7. The standard InChI is InChI=1S/C13H21N5O2S/c1-3-9(2)11(14)12(19)17-5-4-6-18(17)13(20)16-10-7-21-8-15-10/h7-9,11H,3-6,14H2,1-2H3,(H,16,20)/t9?,11-/m0/s1. The number of hydrogen-bond donors (Lipinski definition) is 2. The predicted molar refractivity (Wildman–Crippen MR) is 81.6 cm³/mol. The molecule has 3 N–H and O–H groups in total. The van der Waals surface area contributed by atoms with E-state index in [0.717, 1.165) is 12.8 Å². The molecular weight excluding hydrogens is 290 g/mol. The molecule has 1 saturated heterocycles. The molecule has 2 atom stereocenters. The summed E-state index contributed by atoms with van der Waals surface area (Å²) >= 11 is 1.40. The van der Waals surface area contributed by atoms with Gasteiger partial charge in [-0.05, 0) is 12.3 Å². The third-order valence-electron chi connectivity index (χ3n) is 3.73. The third kappa shape index (κ3) is 3.51. The zero-order chi connectivity index (χ0) is 15.4. The topological polar surface area (TPSA) is 91.6 Å². The first-order valence-corrected chi connectivity index (χ1v) is 8.02. The molecule has 0 bridgehead atoms. The summed E-state index contributed by atoms with van der Waals surface area (Å²) in [6.45, 7) is 4.97. The molecule has 1 aromatic rings. The van der Waals surface area contributed by atoms with E-state index in [2.05, 4.69) is 10.3 Å². The quantitative estimate of drug-likeness (QED) is 0.881. The Morgan fingerprint density at radius 3 is 2.81 bits per heavy atom. The average Bonchev–Trinajstić information content (AvgIpc) is 3.15. The SMILES string of the molecule is CCC(C)[C@H](N)C(=O)N1CCCN1C(=O)Nc1cscn1. The average molecular weight is 311 g/mol. The second-order valence-corrected chi connectivity index (χ2v) is 5.87. The minimum Gasteiger partial charge on any atom is -0.320 e. The number of urea groups is 1. The number of aromatic nitrogens is 1. The molecule has 116 valence electrons. The summed E-state index contributed by atoms with van der Waals surface area (Å²) in [5.41, 5.74) is 7.63. The maximum atomic E-state index is 12.4. The van der Waals surface area contributed by atoms with Gasteiger partial charge in [0.1, 0.15) is 5.82 Å². The van der Waals surface area contributed by atoms with Crippen LogP contribution in [0.15, 0.2) is 10.9 Å². The van der Waals surface area contributed by atoms with Gasteiger partial charge in [-0.15, -0.1) is 11.3 Å². The number of rotatable bonds is 4. The van der Waals surface area contributed by atoms with Crippen LogP contribution in [0.1, 0.15) is 26.7 Å². The Balaban J connectivity index is 2.02. The highest BCUT2D eigenvalue weighted by atomic mass is 32.1. The Kier molecular flexibility index (Phi) is 5.13. The zero-order valence-electron chi connectivity index (χ0n) is 12.3. The van der Waals surface area contributed by atoms with Crippen molar-refractivity contribution in [1.82, 2.24) is 15.0 Å². The monoisotopic (exact) mass is 311 g/mol. The lowest BCUT2D eigenvalue weighted by atomic mass is 9.99. The number of nitrogens with one attached hydrogen (secondary N) is 1. The highest BCUT2D eigenvalue weighted by Crippen LogP contribution is 2.17. The summed E-state index contributed by atoms with van der Waals surface area (Å²) in [5, 5.41) is 7.30. The smallest absolute Gasteiger partial charge is 0.320 e. The zero-order valence-corrected chi connectivity index (χ0v) is 13.1. The maximum Gasteiger partial charge on any atom is 0.341 e. The van der Waals surface area contributed by atoms with Crippen molar-refractivity contribution in [3.8, 4) is 0 Å². The fraction of sp³-hybridized carbons (Fsp3) is 0.615. The van der Waals surface area contributed by atoms with Crippen LogP contribution in [-0.4, -0.2) is 46.1 Å². The summed E-state index contributed by atoms with van der Waals surface area (Å²) in [5.74, 6) is 0.382. The number of carbonyl (C=O) groups is 2. The lowest BCUT2D eigenvalue weighted by Crippen LogP contribution is -2.53. The second kappa shape index (κ2) is 6.86. The molecule has 7 nitrogen and oxygen atoms in total. The van der Waals surface area contributed by atoms with E-state index < -0.39 is 6.04 Å². The lowest BCUT2D eigenvalue weighted by Gasteiger charge is -2.31. The van der Waals surface area contributed by atoms with E-state index in [1.54, 1.807) is 10.9 Å². The molecule has 21 heavy (non-hydrogen) atoms. The summed E-state index contributed by atoms with van der Waals surface area (Å²) in [6.07, 6.45) is 1.58. The Morgan fingerprint density at radius 1 is 1.48 bits per heavy atom. The molecule has 0 aliphatic carbocycles. The van der Waals surface area contributed by atoms with Crippen LogP contribution in [0.5, 0.6) is 0 Å². The van der Waals surface area contributed by atoms with Gasteiger partial charge in [-0.1, -0.05) is 20.3 Å². The number of nitrogens with two attached hydrogens (primary N) is 1. The van der Waals surface area contributed by atoms with Gasteiger partial charge in [0.2, 0.25) is 0 Å². The second-order valence-electron chi connectivity index (χ2n) is 5.15. The fourth-order valence-electron chi connectivity index (χ4n) is 2.17. The van der Waals surface area contributed by atoms with Gasteiger partial charge in [0.15, 0.2) is 0 Å². The Hall–Kier alpha value is -1.67. The fourth-order valence-corrected chi connectivity index (χ4v) is 2.65. The van der Waals surface area contributed by atoms with Crippen LogP contribution in [-0.2, 0) is 4.79 Å². The van der Waals surface area contributed by atoms with Gasteiger partial charge < -0.3 is 5.73 Å². The van der Waals surface area contributed by atoms with Crippen LogP contribution < -0.4 is 11.1 Å². The molecule has 0 aromatic carbocycles. The van der Waals surface area contributed by atoms with Gasteiger partial charge in [0.25, 0.3) is 5.91 Å². The van der Waals surface area contributed by atoms with E-state index in [1.807, 2.05) is 13.8 Å². The molecule has 0 spiro atoms. The highest BCUT2D eigenvalue weighted by molar-refractivity contribution is 7.07. The van der Waals surface area contributed by atoms with Crippen molar-refractivity contribution in [2.75, 3.05) is 18.4 Å². The molecular formula is C13H21N5O2S. The van der Waals surface area contributed by atoms with Crippen LogP contribution in [0.3, 0.4) is 0 Å². The maximum absolute atomic E-state index is 12.4. The predicted octanol–water partition coefficient (Wildman–Crippen LogP) is 1.50. The largest absolute Gasteiger partial charge is 0.341 e. The molecule has 0 saturated carbocycles. The van der Waals surface area contributed by atoms with Crippen LogP contribution in [0.4, 0.5) is 10.6 Å². The number of thiazole rings is 1. The Morgan fingerprint density at radius 2 is 2.19 bits per heavy atom. The molecule has 1 fully saturated rings. The number of carbonyl (C=O) groups excluding carboxylic acids is 2. The van der Waals surface area contributed by atoms with E-state index in [0.29, 0.717) is 18.9 Å². The Bertz CT molecular complexity index is 493. The van der Waals surface area contributed by atoms with Gasteiger partial charge in [0.05, 0.1) is 11.6 Å². The first kappa shape index (κ1) is 15.7. The van der Waals surface area contributed by atoms with Gasteiger partial charge in [-0.3, -0.25) is 10.1 Å². The van der Waals surface area contributed by atoms with Gasteiger partial charge in [0, 0.05) is 18.5 Å². The number of hydrogen-bond acceptors (Lipinski definition) is 5. The molecule has 1 aliphatic rings. The van der Waals surface area contributed by atoms with Crippen molar-refractivity contribution in [2.24, 2.45) is 11.7 Å². The van der Waals surface area contributed by atoms with Crippen molar-refractivity contribution in [3.05, 3.63) is 10.9 Å². The minimum atomic E-state index is -0.581. The van der Waals surface area contributed by atoms with Crippen molar-refractivity contribution < 1.29 is 9.59 Å². The van der Waals surface area contributed by atoms with E-state index in [9.17, 15) is 9.59 Å². The third-order valence-corrected chi connectivity index (χ3v) is 4.32. The van der Waals surface area contributed by atoms with Crippen LogP contribution >= 0.6 is 11.3 Å². The first-order chi connectivity index (χ1) is 10.0. The van der Waals surface area contributed by atoms with Gasteiger partial charge in [-0.25, -0.2) is 19.8 Å². The number of hydrazine groups is 1. The van der Waals surface area contributed by atoms with Crippen LogP contribution in [0.25, 0.3) is 0 Å². The summed E-state index contributed by atoms with van der Waals surface area (Å²) in [6, 6.07) is -0.925. The molecule has 2 heterocycles. The molecule has 1 aliphatic heterocycles. The first-order valence-electron chi connectivity index (χ1n) is 7.08. The number of nitrogens with zero attached hydrogens (tertiary/aromatic N) is 3. The normalized spacial score (nSPS) is 17.7. The van der Waals surface area contributed by atoms with Crippen LogP contribution in [0, 0.1) is 5.92 Å². The molecule has 2 rings (SSSR count). The number of anilines is 1. The molecule has 3 amide bonds. The van der Waals surface area contributed by atoms with E-state index in [1.165, 1.54) is 21.4 Å². The van der Waals surface area contributed by atoms with Crippen molar-refractivity contribution >= 4 is 29.1 Å². The molecule has 8 heteroatoms. The van der Waals surface area contributed by atoms with Crippen molar-refractivity contribution in [1.29, 1.82) is 0 Å². The minimum absolute atomic E-state index is 0.0848. The molecule has 0 radical (unpaired) electrons.